The molecule has 6 heteroatoms. The van der Waals surface area contributed by atoms with Crippen molar-refractivity contribution in [3.05, 3.63) is 58.8 Å². The Bertz CT molecular complexity index is 913. The van der Waals surface area contributed by atoms with Crippen molar-refractivity contribution < 1.29 is 23.8 Å². The molecule has 0 spiro atoms. The van der Waals surface area contributed by atoms with Crippen molar-refractivity contribution in [3.63, 3.8) is 0 Å². The first-order valence-corrected chi connectivity index (χ1v) is 8.45. The lowest BCUT2D eigenvalue weighted by atomic mass is 10.1. The molecule has 2 aromatic carbocycles. The average Bonchev–Trinajstić information content (AvgIpc) is 2.98. The number of carbonyl (C=O) groups is 2. The highest BCUT2D eigenvalue weighted by atomic mass is 16.6. The minimum Gasteiger partial charge on any atom is -0.481 e. The molecule has 0 aliphatic carbocycles. The van der Waals surface area contributed by atoms with E-state index in [9.17, 15) is 9.59 Å². The molecule has 6 nitrogen and oxygen atoms in total. The third-order valence-corrected chi connectivity index (χ3v) is 4.32. The second-order valence-corrected chi connectivity index (χ2v) is 6.36. The Labute approximate surface area is 158 Å². The first-order valence-electron chi connectivity index (χ1n) is 8.45. The van der Waals surface area contributed by atoms with Crippen LogP contribution in [0.3, 0.4) is 0 Å². The van der Waals surface area contributed by atoms with Gasteiger partial charge in [0.15, 0.2) is 12.4 Å². The Morgan fingerprint density at radius 1 is 1.15 bits per heavy atom. The fraction of sp³-hybridized carbons (Fsp3) is 0.238. The van der Waals surface area contributed by atoms with Gasteiger partial charge in [-0.15, -0.1) is 0 Å². The van der Waals surface area contributed by atoms with Gasteiger partial charge in [-0.25, -0.2) is 4.79 Å². The second-order valence-electron chi connectivity index (χ2n) is 6.36. The second kappa shape index (κ2) is 7.53. The Kier molecular flexibility index (Phi) is 5.16. The lowest BCUT2D eigenvalue weighted by Gasteiger charge is -2.12. The van der Waals surface area contributed by atoms with E-state index in [0.29, 0.717) is 22.6 Å². The maximum absolute atomic E-state index is 12.6. The molecule has 0 N–H and O–H groups in total. The zero-order chi connectivity index (χ0) is 19.6. The number of nitrogens with zero attached hydrogens (tertiary/aromatic N) is 1. The zero-order valence-corrected chi connectivity index (χ0v) is 15.7. The van der Waals surface area contributed by atoms with E-state index in [0.717, 1.165) is 11.3 Å². The number of rotatable bonds is 5. The first-order chi connectivity index (χ1) is 12.9. The van der Waals surface area contributed by atoms with Crippen LogP contribution < -0.4 is 14.4 Å². The van der Waals surface area contributed by atoms with Crippen molar-refractivity contribution in [2.45, 2.75) is 6.92 Å². The summed E-state index contributed by atoms with van der Waals surface area (Å²) in [6.07, 6.45) is 1.72. The number of methoxy groups -OCH3 is 1. The van der Waals surface area contributed by atoms with Gasteiger partial charge >= 0.3 is 5.97 Å². The van der Waals surface area contributed by atoms with E-state index in [1.807, 2.05) is 43.3 Å². The monoisotopic (exact) mass is 367 g/mol. The van der Waals surface area contributed by atoms with Gasteiger partial charge in [0.25, 0.3) is 0 Å². The normalized spacial score (nSPS) is 13.9. The van der Waals surface area contributed by atoms with Crippen LogP contribution in [0, 0.1) is 6.92 Å². The maximum Gasteiger partial charge on any atom is 0.343 e. The SMILES string of the molecule is COC(=O)COc1ccc2c(c1C)O/C(=C\c1ccc(N(C)C)cc1)C2=O. The molecule has 0 saturated carbocycles. The van der Waals surface area contributed by atoms with Gasteiger partial charge in [-0.05, 0) is 42.8 Å². The third kappa shape index (κ3) is 3.79. The summed E-state index contributed by atoms with van der Waals surface area (Å²) >= 11 is 0. The van der Waals surface area contributed by atoms with Gasteiger partial charge in [0.2, 0.25) is 5.78 Å². The largest absolute Gasteiger partial charge is 0.481 e. The molecule has 140 valence electrons. The highest BCUT2D eigenvalue weighted by molar-refractivity contribution is 6.15. The number of fused-ring (bicyclic) bond motifs is 1. The Morgan fingerprint density at radius 2 is 1.85 bits per heavy atom. The molecule has 0 atom stereocenters. The summed E-state index contributed by atoms with van der Waals surface area (Å²) in [5.41, 5.74) is 3.09. The average molecular weight is 367 g/mol. The van der Waals surface area contributed by atoms with Crippen molar-refractivity contribution in [3.8, 4) is 11.5 Å². The Hall–Kier alpha value is -3.28. The summed E-state index contributed by atoms with van der Waals surface area (Å²) in [5.74, 6) is 0.538. The van der Waals surface area contributed by atoms with Crippen molar-refractivity contribution in [1.82, 2.24) is 0 Å². The summed E-state index contributed by atoms with van der Waals surface area (Å²) in [4.78, 5) is 25.9. The molecule has 0 unspecified atom stereocenters. The number of allylic oxidation sites excluding steroid dienone is 1. The van der Waals surface area contributed by atoms with E-state index < -0.39 is 5.97 Å². The molecule has 27 heavy (non-hydrogen) atoms. The van der Waals surface area contributed by atoms with Crippen molar-refractivity contribution in [2.75, 3.05) is 32.7 Å². The molecule has 1 aliphatic heterocycles. The van der Waals surface area contributed by atoms with Gasteiger partial charge in [-0.1, -0.05) is 12.1 Å². The predicted octanol–water partition coefficient (Wildman–Crippen LogP) is 3.23. The summed E-state index contributed by atoms with van der Waals surface area (Å²) < 4.78 is 15.8. The van der Waals surface area contributed by atoms with Crippen LogP contribution >= 0.6 is 0 Å². The predicted molar refractivity (Wildman–Crippen MR) is 102 cm³/mol. The van der Waals surface area contributed by atoms with Gasteiger partial charge in [0.05, 0.1) is 12.7 Å². The molecule has 0 amide bonds. The standard InChI is InChI=1S/C21H21NO5/c1-13-17(26-12-19(23)25-4)10-9-16-20(24)18(27-21(13)16)11-14-5-7-15(8-6-14)22(2)3/h5-11H,12H2,1-4H3/b18-11-. The molecule has 0 bridgehead atoms. The topological polar surface area (TPSA) is 65.1 Å². The van der Waals surface area contributed by atoms with E-state index in [-0.39, 0.29) is 18.1 Å². The third-order valence-electron chi connectivity index (χ3n) is 4.32. The van der Waals surface area contributed by atoms with Crippen LogP contribution in [-0.2, 0) is 9.53 Å². The molecular formula is C21H21NO5. The molecular weight excluding hydrogens is 346 g/mol. The molecule has 0 aromatic heterocycles. The zero-order valence-electron chi connectivity index (χ0n) is 15.7. The van der Waals surface area contributed by atoms with E-state index in [4.69, 9.17) is 9.47 Å². The van der Waals surface area contributed by atoms with Crippen molar-refractivity contribution in [2.24, 2.45) is 0 Å². The first kappa shape index (κ1) is 18.5. The van der Waals surface area contributed by atoms with Crippen LogP contribution in [0.25, 0.3) is 6.08 Å². The van der Waals surface area contributed by atoms with E-state index in [1.54, 1.807) is 25.1 Å². The van der Waals surface area contributed by atoms with Crippen LogP contribution in [0.4, 0.5) is 5.69 Å². The Morgan fingerprint density at radius 3 is 2.48 bits per heavy atom. The number of ether oxygens (including phenoxy) is 3. The smallest absolute Gasteiger partial charge is 0.343 e. The molecule has 0 saturated heterocycles. The molecule has 2 aromatic rings. The van der Waals surface area contributed by atoms with Crippen molar-refractivity contribution >= 4 is 23.5 Å². The van der Waals surface area contributed by atoms with E-state index in [2.05, 4.69) is 4.74 Å². The van der Waals surface area contributed by atoms with Gasteiger partial charge in [-0.3, -0.25) is 4.79 Å². The Balaban J connectivity index is 1.84. The van der Waals surface area contributed by atoms with E-state index >= 15 is 0 Å². The lowest BCUT2D eigenvalue weighted by molar-refractivity contribution is -0.142. The highest BCUT2D eigenvalue weighted by Gasteiger charge is 2.30. The number of ketones is 1. The van der Waals surface area contributed by atoms with Crippen LogP contribution in [0.5, 0.6) is 11.5 Å². The fourth-order valence-corrected chi connectivity index (χ4v) is 2.74. The minimum atomic E-state index is -0.478. The van der Waals surface area contributed by atoms with Crippen LogP contribution in [0.1, 0.15) is 21.5 Å². The number of carbonyl (C=O) groups excluding carboxylic acids is 2. The van der Waals surface area contributed by atoms with Crippen LogP contribution in [0.2, 0.25) is 0 Å². The quantitative estimate of drug-likeness (QED) is 0.597. The molecule has 3 rings (SSSR count). The number of benzene rings is 2. The van der Waals surface area contributed by atoms with Gasteiger partial charge in [0, 0.05) is 25.3 Å². The molecule has 1 aliphatic rings. The lowest BCUT2D eigenvalue weighted by Crippen LogP contribution is -2.13. The van der Waals surface area contributed by atoms with Gasteiger partial charge in [-0.2, -0.15) is 0 Å². The highest BCUT2D eigenvalue weighted by Crippen LogP contribution is 2.39. The summed E-state index contributed by atoms with van der Waals surface area (Å²) in [5, 5.41) is 0. The fourth-order valence-electron chi connectivity index (χ4n) is 2.74. The maximum atomic E-state index is 12.6. The summed E-state index contributed by atoms with van der Waals surface area (Å²) in [7, 11) is 5.23. The number of esters is 1. The number of anilines is 1. The molecule has 0 fully saturated rings. The summed E-state index contributed by atoms with van der Waals surface area (Å²) in [6.45, 7) is 1.58. The van der Waals surface area contributed by atoms with Gasteiger partial charge in [0.1, 0.15) is 11.5 Å². The molecule has 1 heterocycles. The van der Waals surface area contributed by atoms with Crippen LogP contribution in [0.15, 0.2) is 42.2 Å². The van der Waals surface area contributed by atoms with Gasteiger partial charge < -0.3 is 19.1 Å². The number of hydrogen-bond donors (Lipinski definition) is 0. The number of Topliss-reactive ketones (excluding diaryl/α,β-unsaturated/α-hetero) is 1. The van der Waals surface area contributed by atoms with Crippen LogP contribution in [-0.4, -0.2) is 39.6 Å². The van der Waals surface area contributed by atoms with Crippen molar-refractivity contribution in [1.29, 1.82) is 0 Å². The minimum absolute atomic E-state index is 0.177. The summed E-state index contributed by atoms with van der Waals surface area (Å²) in [6, 6.07) is 11.1. The van der Waals surface area contributed by atoms with E-state index in [1.165, 1.54) is 7.11 Å². The number of hydrogen-bond acceptors (Lipinski definition) is 6. The molecule has 0 radical (unpaired) electrons.